The molecule has 2 heterocycles. The maximum atomic E-state index is 7.55. The van der Waals surface area contributed by atoms with Crippen molar-refractivity contribution in [1.29, 1.82) is 5.41 Å². The minimum Gasteiger partial charge on any atom is -0.320 e. The lowest BCUT2D eigenvalue weighted by atomic mass is 9.95. The van der Waals surface area contributed by atoms with E-state index in [0.717, 1.165) is 30.6 Å². The number of hydrogen-bond donors (Lipinski definition) is 4. The number of fused-ring (bicyclic) bond motifs is 2. The Labute approximate surface area is 220 Å². The molecule has 0 bridgehead atoms. The van der Waals surface area contributed by atoms with E-state index >= 15 is 0 Å². The van der Waals surface area contributed by atoms with E-state index in [2.05, 4.69) is 72.5 Å². The Morgan fingerprint density at radius 1 is 1.06 bits per heavy atom. The first-order valence-electron chi connectivity index (χ1n) is 13.5. The molecule has 1 aliphatic carbocycles. The smallest absolute Gasteiger partial charge is 0.0747 e. The quantitative estimate of drug-likeness (QED) is 0.172. The standard InChI is InChI=1S/C29H34N4S.C2H6/c1-3-4-5-6-13-31-18-20-7-9-21(10-8-20)26-15-24-27(34-26)16-25-28(32-33-29(24)25)22-11-12-23(17-30)19(2)14-22;1-2/h7-12,14-15,17,28,30-33H,3-6,13,16,18H2,1-2H3;1-2H3. The number of thiophene rings is 1. The van der Waals surface area contributed by atoms with Crippen LogP contribution in [0.25, 0.3) is 16.1 Å². The molecule has 1 aliphatic heterocycles. The number of unbranched alkanes of at least 4 members (excludes halogenated alkanes) is 3. The molecule has 2 aromatic carbocycles. The van der Waals surface area contributed by atoms with Crippen molar-refractivity contribution in [3.05, 3.63) is 86.8 Å². The van der Waals surface area contributed by atoms with Crippen LogP contribution in [-0.2, 0) is 13.0 Å². The fourth-order valence-corrected chi connectivity index (χ4v) is 6.19. The molecule has 190 valence electrons. The summed E-state index contributed by atoms with van der Waals surface area (Å²) in [4.78, 5) is 2.79. The molecule has 5 heteroatoms. The summed E-state index contributed by atoms with van der Waals surface area (Å²) in [6.07, 6.45) is 7.64. The number of rotatable bonds is 10. The van der Waals surface area contributed by atoms with Gasteiger partial charge in [-0.2, -0.15) is 0 Å². The molecule has 4 nitrogen and oxygen atoms in total. The average molecular weight is 501 g/mol. The highest BCUT2D eigenvalue weighted by molar-refractivity contribution is 7.15. The molecule has 2 aliphatic rings. The van der Waals surface area contributed by atoms with Gasteiger partial charge in [-0.05, 0) is 59.3 Å². The Bertz CT molecular complexity index is 1210. The van der Waals surface area contributed by atoms with Crippen LogP contribution >= 0.6 is 11.3 Å². The van der Waals surface area contributed by atoms with E-state index in [9.17, 15) is 0 Å². The van der Waals surface area contributed by atoms with E-state index in [-0.39, 0.29) is 6.04 Å². The molecular formula is C31H40N4S. The van der Waals surface area contributed by atoms with Gasteiger partial charge in [0.25, 0.3) is 0 Å². The van der Waals surface area contributed by atoms with Crippen molar-refractivity contribution < 1.29 is 0 Å². The van der Waals surface area contributed by atoms with Gasteiger partial charge in [-0.3, -0.25) is 0 Å². The summed E-state index contributed by atoms with van der Waals surface area (Å²) >= 11 is 1.92. The molecular weight excluding hydrogens is 460 g/mol. The molecule has 36 heavy (non-hydrogen) atoms. The number of aryl methyl sites for hydroxylation is 1. The Balaban J connectivity index is 0.00000148. The van der Waals surface area contributed by atoms with E-state index in [1.165, 1.54) is 75.2 Å². The van der Waals surface area contributed by atoms with Gasteiger partial charge in [-0.25, -0.2) is 5.43 Å². The van der Waals surface area contributed by atoms with E-state index < -0.39 is 0 Å². The second-order valence-electron chi connectivity index (χ2n) is 9.42. The lowest BCUT2D eigenvalue weighted by molar-refractivity contribution is 0.592. The first-order valence-corrected chi connectivity index (χ1v) is 14.3. The molecule has 1 unspecified atom stereocenters. The fourth-order valence-electron chi connectivity index (χ4n) is 5.00. The molecule has 4 N–H and O–H groups in total. The molecule has 5 rings (SSSR count). The zero-order chi connectivity index (χ0) is 25.5. The molecule has 3 aromatic rings. The Kier molecular flexibility index (Phi) is 9.13. The lowest BCUT2D eigenvalue weighted by Crippen LogP contribution is -2.27. The largest absolute Gasteiger partial charge is 0.320 e. The summed E-state index contributed by atoms with van der Waals surface area (Å²) in [6.45, 7) is 10.4. The summed E-state index contributed by atoms with van der Waals surface area (Å²) in [5, 5.41) is 11.1. The summed E-state index contributed by atoms with van der Waals surface area (Å²) in [7, 11) is 0. The highest BCUT2D eigenvalue weighted by Crippen LogP contribution is 2.46. The number of hydrogen-bond acceptors (Lipinski definition) is 5. The number of nitrogens with one attached hydrogen (secondary N) is 4. The Hall–Kier alpha value is -2.73. The van der Waals surface area contributed by atoms with E-state index in [4.69, 9.17) is 5.41 Å². The highest BCUT2D eigenvalue weighted by Gasteiger charge is 2.34. The minimum atomic E-state index is 0.185. The normalized spacial score (nSPS) is 15.7. The van der Waals surface area contributed by atoms with Crippen molar-refractivity contribution in [2.75, 3.05) is 6.54 Å². The predicted octanol–water partition coefficient (Wildman–Crippen LogP) is 7.53. The summed E-state index contributed by atoms with van der Waals surface area (Å²) in [5.41, 5.74) is 17.0. The Morgan fingerprint density at radius 2 is 1.86 bits per heavy atom. The van der Waals surface area contributed by atoms with Crippen LogP contribution in [0.15, 0.2) is 54.1 Å². The molecule has 0 saturated heterocycles. The van der Waals surface area contributed by atoms with E-state index in [1.807, 2.05) is 31.3 Å². The lowest BCUT2D eigenvalue weighted by Gasteiger charge is -2.16. The molecule has 0 radical (unpaired) electrons. The van der Waals surface area contributed by atoms with Crippen LogP contribution in [0.2, 0.25) is 0 Å². The van der Waals surface area contributed by atoms with Crippen LogP contribution < -0.4 is 16.2 Å². The first-order chi connectivity index (χ1) is 17.7. The van der Waals surface area contributed by atoms with Crippen LogP contribution in [0, 0.1) is 12.3 Å². The van der Waals surface area contributed by atoms with Gasteiger partial charge >= 0.3 is 0 Å². The minimum absolute atomic E-state index is 0.185. The topological polar surface area (TPSA) is 59.9 Å². The third-order valence-corrected chi connectivity index (χ3v) is 8.18. The summed E-state index contributed by atoms with van der Waals surface area (Å²) < 4.78 is 0. The van der Waals surface area contributed by atoms with Crippen molar-refractivity contribution in [2.24, 2.45) is 0 Å². The first kappa shape index (κ1) is 26.3. The van der Waals surface area contributed by atoms with Gasteiger partial charge in [0.1, 0.15) is 0 Å². The van der Waals surface area contributed by atoms with Gasteiger partial charge in [0, 0.05) is 34.5 Å². The van der Waals surface area contributed by atoms with Crippen molar-refractivity contribution in [2.45, 2.75) is 72.4 Å². The fraction of sp³-hybridized carbons (Fsp3) is 0.387. The molecule has 0 fully saturated rings. The number of hydrazine groups is 1. The van der Waals surface area contributed by atoms with Gasteiger partial charge in [-0.1, -0.05) is 82.5 Å². The third-order valence-electron chi connectivity index (χ3n) is 7.00. The van der Waals surface area contributed by atoms with Crippen LogP contribution in [0.3, 0.4) is 0 Å². The third kappa shape index (κ3) is 5.64. The average Bonchev–Trinajstić information content (AvgIpc) is 3.59. The van der Waals surface area contributed by atoms with Gasteiger partial charge in [0.05, 0.1) is 11.7 Å². The molecule has 1 atom stereocenters. The molecule has 0 spiro atoms. The maximum absolute atomic E-state index is 7.55. The van der Waals surface area contributed by atoms with Crippen LogP contribution in [0.5, 0.6) is 0 Å². The molecule has 1 aromatic heterocycles. The summed E-state index contributed by atoms with van der Waals surface area (Å²) in [6, 6.07) is 18.0. The van der Waals surface area contributed by atoms with Crippen LogP contribution in [0.4, 0.5) is 0 Å². The second-order valence-corrected chi connectivity index (χ2v) is 10.6. The van der Waals surface area contributed by atoms with Crippen molar-refractivity contribution in [1.82, 2.24) is 16.2 Å². The SMILES string of the molecule is CC.CCCCCCNCc1ccc(-c2cc3c(s2)CC2=C3NNC2c2ccc(C=N)c(C)c2)cc1. The van der Waals surface area contributed by atoms with Crippen molar-refractivity contribution in [3.63, 3.8) is 0 Å². The number of benzene rings is 2. The van der Waals surface area contributed by atoms with E-state index in [1.54, 1.807) is 0 Å². The van der Waals surface area contributed by atoms with Gasteiger partial charge in [0.2, 0.25) is 0 Å². The predicted molar refractivity (Wildman–Crippen MR) is 156 cm³/mol. The second kappa shape index (κ2) is 12.5. The van der Waals surface area contributed by atoms with Crippen LogP contribution in [-0.4, -0.2) is 12.8 Å². The van der Waals surface area contributed by atoms with Gasteiger partial charge < -0.3 is 16.2 Å². The van der Waals surface area contributed by atoms with Gasteiger partial charge in [-0.15, -0.1) is 11.3 Å². The van der Waals surface area contributed by atoms with Crippen LogP contribution in [0.1, 0.15) is 85.2 Å². The summed E-state index contributed by atoms with van der Waals surface area (Å²) in [5.74, 6) is 0. The highest BCUT2D eigenvalue weighted by atomic mass is 32.1. The molecule has 0 amide bonds. The van der Waals surface area contributed by atoms with Crippen molar-refractivity contribution in [3.8, 4) is 10.4 Å². The van der Waals surface area contributed by atoms with E-state index in [0.29, 0.717) is 0 Å². The zero-order valence-electron chi connectivity index (χ0n) is 22.1. The maximum Gasteiger partial charge on any atom is 0.0747 e. The zero-order valence-corrected chi connectivity index (χ0v) is 22.9. The Morgan fingerprint density at radius 3 is 2.58 bits per heavy atom. The van der Waals surface area contributed by atoms with Crippen molar-refractivity contribution >= 4 is 23.2 Å². The molecule has 0 saturated carbocycles. The monoisotopic (exact) mass is 500 g/mol. The van der Waals surface area contributed by atoms with Gasteiger partial charge in [0.15, 0.2) is 0 Å².